The summed E-state index contributed by atoms with van der Waals surface area (Å²) in [4.78, 5) is 62.8. The summed E-state index contributed by atoms with van der Waals surface area (Å²) in [5.74, 6) is -9.39. The van der Waals surface area contributed by atoms with Crippen molar-refractivity contribution in [3.63, 3.8) is 0 Å². The maximum Gasteiger partial charge on any atom is 0.303 e. The summed E-state index contributed by atoms with van der Waals surface area (Å²) in [5, 5.41) is 56.0. The monoisotopic (exact) mass is 701 g/mol. The number of aliphatic hydroxyl groups is 3. The lowest BCUT2D eigenvalue weighted by Gasteiger charge is -2.50. The molecule has 0 spiro atoms. The summed E-state index contributed by atoms with van der Waals surface area (Å²) in [6, 6.07) is 1.74. The summed E-state index contributed by atoms with van der Waals surface area (Å²) in [6.45, 7) is 0. The summed E-state index contributed by atoms with van der Waals surface area (Å²) in [5.41, 5.74) is 1.47. The number of benzene rings is 1. The van der Waals surface area contributed by atoms with Crippen LogP contribution in [-0.4, -0.2) is 90.3 Å². The van der Waals surface area contributed by atoms with Crippen molar-refractivity contribution in [3.8, 4) is 5.75 Å². The molecule has 0 bridgehead atoms. The molecule has 1 aromatic rings. The van der Waals surface area contributed by atoms with E-state index in [-0.39, 0.29) is 59.5 Å². The van der Waals surface area contributed by atoms with Crippen molar-refractivity contribution < 1.29 is 49.5 Å². The van der Waals surface area contributed by atoms with Gasteiger partial charge in [-0.05, 0) is 50.9 Å². The average molecular weight is 703 g/mol. The van der Waals surface area contributed by atoms with Crippen LogP contribution < -0.4 is 11.1 Å². The number of aromatic hydroxyl groups is 1. The van der Waals surface area contributed by atoms with Crippen molar-refractivity contribution in [1.29, 1.82) is 0 Å². The van der Waals surface area contributed by atoms with Crippen molar-refractivity contribution >= 4 is 73.7 Å². The molecular weight excluding hydrogens is 674 g/mol. The minimum atomic E-state index is -2.75. The highest BCUT2D eigenvalue weighted by molar-refractivity contribution is 9.10. The maximum atomic E-state index is 13.8. The van der Waals surface area contributed by atoms with Gasteiger partial charge in [-0.1, -0.05) is 22.0 Å². The predicted octanol–water partition coefficient (Wildman–Crippen LogP) is 1.11. The number of amides is 2. The van der Waals surface area contributed by atoms with Crippen molar-refractivity contribution in [2.75, 3.05) is 19.4 Å². The molecule has 1 fully saturated rings. The van der Waals surface area contributed by atoms with Crippen LogP contribution in [0.15, 0.2) is 29.0 Å². The van der Waals surface area contributed by atoms with Gasteiger partial charge in [-0.3, -0.25) is 28.9 Å². The number of alkyl halides is 1. The quantitative estimate of drug-likeness (QED) is 0.121. The van der Waals surface area contributed by atoms with Crippen LogP contribution in [0.2, 0.25) is 0 Å². The number of carboxylic acid groups (broad SMARTS) is 1. The standard InChI is InChI=1S/C26H28BrN3O10.BrH/c1-30(2)18-11-8-10-7-9-3-5-13(29-25(39)12(27)4-6-14(31)32)19(33)15(9)20(34)16(10)22(36)26(11,40)23(37)17(21(18)35)24(28)38;/h3,5,10-12,18,33-34,37,40H,4,6-8H2,1-2H3,(H2,28,38)(H,29,39)(H,31,32);1H/t10?,11?,12-,18?,26?;/m0./s1. The van der Waals surface area contributed by atoms with Gasteiger partial charge in [-0.25, -0.2) is 0 Å². The van der Waals surface area contributed by atoms with Crippen LogP contribution in [0.1, 0.15) is 30.4 Å². The number of phenolic OH excluding ortho intramolecular Hbond substituents is 1. The molecule has 15 heteroatoms. The van der Waals surface area contributed by atoms with E-state index in [1.54, 1.807) is 0 Å². The second-order valence-electron chi connectivity index (χ2n) is 10.3. The van der Waals surface area contributed by atoms with Gasteiger partial charge < -0.3 is 36.6 Å². The maximum absolute atomic E-state index is 13.8. The largest absolute Gasteiger partial charge is 0.508 e. The van der Waals surface area contributed by atoms with Crippen LogP contribution in [-0.2, 0) is 30.4 Å². The van der Waals surface area contributed by atoms with Crippen LogP contribution in [0.3, 0.4) is 0 Å². The molecule has 0 heterocycles. The van der Waals surface area contributed by atoms with Gasteiger partial charge in [-0.2, -0.15) is 0 Å². The predicted molar refractivity (Wildman–Crippen MR) is 153 cm³/mol. The Morgan fingerprint density at radius 1 is 1.20 bits per heavy atom. The molecule has 0 aromatic heterocycles. The van der Waals surface area contributed by atoms with E-state index in [0.717, 1.165) is 0 Å². The number of likely N-dealkylation sites (N-methyl/N-ethyl adjacent to an activating group) is 1. The lowest BCUT2D eigenvalue weighted by atomic mass is 9.57. The normalized spacial score (nSPS) is 26.0. The first kappa shape index (κ1) is 32.2. The Balaban J connectivity index is 0.00000462. The summed E-state index contributed by atoms with van der Waals surface area (Å²) in [6.07, 6.45) is -0.243. The molecule has 0 saturated heterocycles. The number of ketones is 2. The van der Waals surface area contributed by atoms with Crippen LogP contribution in [0.25, 0.3) is 5.76 Å². The highest BCUT2D eigenvalue weighted by Gasteiger charge is 2.64. The van der Waals surface area contributed by atoms with Gasteiger partial charge in [0.25, 0.3) is 5.91 Å². The second-order valence-corrected chi connectivity index (χ2v) is 11.5. The fourth-order valence-electron chi connectivity index (χ4n) is 5.91. The number of rotatable bonds is 7. The summed E-state index contributed by atoms with van der Waals surface area (Å²) in [7, 11) is 3.03. The number of Topliss-reactive ketones (excluding diaryl/α,β-unsaturated/α-hetero) is 2. The van der Waals surface area contributed by atoms with Crippen molar-refractivity contribution in [1.82, 2.24) is 4.90 Å². The molecule has 1 saturated carbocycles. The zero-order valence-corrected chi connectivity index (χ0v) is 25.2. The third-order valence-corrected chi connectivity index (χ3v) is 8.62. The van der Waals surface area contributed by atoms with Crippen molar-refractivity contribution in [3.05, 3.63) is 40.2 Å². The van der Waals surface area contributed by atoms with Gasteiger partial charge in [0.05, 0.1) is 22.1 Å². The van der Waals surface area contributed by atoms with E-state index in [1.165, 1.54) is 31.1 Å². The molecule has 0 aliphatic heterocycles. The molecule has 2 amide bonds. The molecule has 5 atom stereocenters. The number of fused-ring (bicyclic) bond motifs is 3. The van der Waals surface area contributed by atoms with Gasteiger partial charge in [0.2, 0.25) is 11.7 Å². The van der Waals surface area contributed by atoms with Gasteiger partial charge in [0.1, 0.15) is 22.8 Å². The number of carboxylic acids is 1. The molecule has 13 nitrogen and oxygen atoms in total. The molecular formula is C26H29Br2N3O10. The Bertz CT molecular complexity index is 1420. The number of aliphatic carboxylic acids is 1. The molecule has 3 aliphatic rings. The van der Waals surface area contributed by atoms with Gasteiger partial charge in [0.15, 0.2) is 11.4 Å². The highest BCUT2D eigenvalue weighted by Crippen LogP contribution is 2.53. The second kappa shape index (κ2) is 11.5. The molecule has 4 rings (SSSR count). The summed E-state index contributed by atoms with van der Waals surface area (Å²) < 4.78 is 0. The molecule has 3 aliphatic carbocycles. The SMILES string of the molecule is Br.CN(C)C1C(=O)C(C(N)=O)=C(O)C2(O)C(=O)C3=C(O)c4c(ccc(NC(=O)[C@@H](Br)CCC(=O)O)c4O)CC3CC12. The number of nitrogens with two attached hydrogens (primary N) is 1. The molecule has 222 valence electrons. The van der Waals surface area contributed by atoms with E-state index in [9.17, 15) is 44.4 Å². The Kier molecular flexibility index (Phi) is 9.08. The number of anilines is 1. The van der Waals surface area contributed by atoms with E-state index in [0.29, 0.717) is 5.56 Å². The minimum absolute atomic E-state index is 0. The number of phenols is 1. The molecule has 4 unspecified atom stereocenters. The molecule has 8 N–H and O–H groups in total. The third-order valence-electron chi connectivity index (χ3n) is 7.75. The first-order chi connectivity index (χ1) is 18.6. The first-order valence-corrected chi connectivity index (χ1v) is 13.2. The minimum Gasteiger partial charge on any atom is -0.508 e. The van der Waals surface area contributed by atoms with E-state index in [4.69, 9.17) is 10.8 Å². The molecule has 1 aromatic carbocycles. The summed E-state index contributed by atoms with van der Waals surface area (Å²) >= 11 is 3.10. The number of primary amides is 1. The van der Waals surface area contributed by atoms with Crippen LogP contribution in [0, 0.1) is 11.8 Å². The fourth-order valence-corrected chi connectivity index (χ4v) is 6.26. The number of aliphatic hydroxyl groups excluding tert-OH is 2. The first-order valence-electron chi connectivity index (χ1n) is 12.3. The Labute approximate surface area is 252 Å². The zero-order valence-electron chi connectivity index (χ0n) is 21.9. The number of halogens is 2. The van der Waals surface area contributed by atoms with E-state index in [1.807, 2.05) is 0 Å². The topological polar surface area (TPSA) is 228 Å². The fraction of sp³-hybridized carbons (Fsp3) is 0.423. The van der Waals surface area contributed by atoms with Gasteiger partial charge in [-0.15, -0.1) is 17.0 Å². The lowest BCUT2D eigenvalue weighted by Crippen LogP contribution is -2.65. The van der Waals surface area contributed by atoms with Gasteiger partial charge >= 0.3 is 5.97 Å². The molecule has 0 radical (unpaired) electrons. The van der Waals surface area contributed by atoms with Crippen LogP contribution in [0.4, 0.5) is 5.69 Å². The molecule has 41 heavy (non-hydrogen) atoms. The number of carbonyl (C=O) groups excluding carboxylic acids is 4. The van der Waals surface area contributed by atoms with E-state index < -0.39 is 80.5 Å². The smallest absolute Gasteiger partial charge is 0.303 e. The Hall–Kier alpha value is -3.27. The van der Waals surface area contributed by atoms with Gasteiger partial charge in [0, 0.05) is 17.9 Å². The lowest BCUT2D eigenvalue weighted by molar-refractivity contribution is -0.153. The number of hydrogen-bond donors (Lipinski definition) is 7. The average Bonchev–Trinajstić information content (AvgIpc) is 2.85. The number of nitrogens with zero attached hydrogens (tertiary/aromatic N) is 1. The van der Waals surface area contributed by atoms with Crippen molar-refractivity contribution in [2.24, 2.45) is 17.6 Å². The number of nitrogens with one attached hydrogen (secondary N) is 1. The van der Waals surface area contributed by atoms with E-state index in [2.05, 4.69) is 21.2 Å². The zero-order chi connectivity index (χ0) is 29.8. The van der Waals surface area contributed by atoms with Crippen LogP contribution in [0.5, 0.6) is 5.75 Å². The Morgan fingerprint density at radius 3 is 2.39 bits per heavy atom. The number of carbonyl (C=O) groups is 5. The third kappa shape index (κ3) is 5.15. The van der Waals surface area contributed by atoms with Crippen molar-refractivity contribution in [2.45, 2.75) is 42.2 Å². The number of hydrogen-bond acceptors (Lipinski definition) is 10. The van der Waals surface area contributed by atoms with Crippen LogP contribution >= 0.6 is 32.9 Å². The van der Waals surface area contributed by atoms with E-state index >= 15 is 0 Å². The Morgan fingerprint density at radius 2 is 1.83 bits per heavy atom. The highest BCUT2D eigenvalue weighted by atomic mass is 79.9.